The Labute approximate surface area is 156 Å². The minimum Gasteiger partial charge on any atom is -0.456 e. The Morgan fingerprint density at radius 1 is 1.22 bits per heavy atom. The maximum absolute atomic E-state index is 13.1. The van der Waals surface area contributed by atoms with Crippen LogP contribution in [-0.4, -0.2) is 28.6 Å². The molecule has 2 heterocycles. The fourth-order valence-corrected chi connectivity index (χ4v) is 2.71. The molecule has 0 radical (unpaired) electrons. The number of aromatic nitrogens is 2. The summed E-state index contributed by atoms with van der Waals surface area (Å²) in [5, 5.41) is 8.00. The molecule has 3 rings (SSSR count). The summed E-state index contributed by atoms with van der Waals surface area (Å²) in [5.41, 5.74) is 0.0573. The first-order valence-corrected chi connectivity index (χ1v) is 8.66. The number of hydrogen-bond acceptors (Lipinski definition) is 7. The molecular weight excluding hydrogens is 380 g/mol. The molecule has 0 aliphatic rings. The van der Waals surface area contributed by atoms with E-state index in [4.69, 9.17) is 9.26 Å². The number of thiophene rings is 1. The molecule has 1 aromatic carbocycles. The first-order valence-electron chi connectivity index (χ1n) is 7.78. The zero-order valence-electron chi connectivity index (χ0n) is 13.8. The summed E-state index contributed by atoms with van der Waals surface area (Å²) in [6.07, 6.45) is 0.118. The molecule has 0 spiro atoms. The summed E-state index contributed by atoms with van der Waals surface area (Å²) in [4.78, 5) is 28.4. The molecule has 0 unspecified atom stereocenters. The molecule has 0 bridgehead atoms. The SMILES string of the molecule is O=C(COC(=O)CCc1nc(-c2cccs2)no1)Nc1ccc(F)c(F)c1. The highest BCUT2D eigenvalue weighted by Crippen LogP contribution is 2.21. The van der Waals surface area contributed by atoms with Crippen molar-refractivity contribution in [2.75, 3.05) is 11.9 Å². The number of carbonyl (C=O) groups is 2. The molecule has 0 saturated carbocycles. The van der Waals surface area contributed by atoms with Crippen molar-refractivity contribution in [1.82, 2.24) is 10.1 Å². The van der Waals surface area contributed by atoms with Gasteiger partial charge in [-0.05, 0) is 23.6 Å². The Balaban J connectivity index is 1.41. The minimum atomic E-state index is -1.09. The lowest BCUT2D eigenvalue weighted by molar-refractivity contribution is -0.147. The highest BCUT2D eigenvalue weighted by Gasteiger charge is 2.13. The number of nitrogens with one attached hydrogen (secondary N) is 1. The summed E-state index contributed by atoms with van der Waals surface area (Å²) < 4.78 is 35.8. The van der Waals surface area contributed by atoms with E-state index in [2.05, 4.69) is 15.5 Å². The summed E-state index contributed by atoms with van der Waals surface area (Å²) in [6, 6.07) is 6.61. The molecule has 0 aliphatic carbocycles. The standard InChI is InChI=1S/C17H13F2N3O4S/c18-11-4-3-10(8-12(11)19)20-14(23)9-25-16(24)6-5-15-21-17(22-26-15)13-2-1-7-27-13/h1-4,7-8H,5-6,9H2,(H,20,23). The van der Waals surface area contributed by atoms with Crippen LogP contribution in [0.4, 0.5) is 14.5 Å². The largest absolute Gasteiger partial charge is 0.456 e. The molecule has 0 aliphatic heterocycles. The Hall–Kier alpha value is -3.14. The number of aryl methyl sites for hydroxylation is 1. The first kappa shape index (κ1) is 18.6. The zero-order valence-corrected chi connectivity index (χ0v) is 14.6. The van der Waals surface area contributed by atoms with Gasteiger partial charge in [-0.3, -0.25) is 9.59 Å². The molecule has 0 atom stereocenters. The van der Waals surface area contributed by atoms with Gasteiger partial charge in [-0.2, -0.15) is 4.98 Å². The summed E-state index contributed by atoms with van der Waals surface area (Å²) in [7, 11) is 0. The van der Waals surface area contributed by atoms with Gasteiger partial charge >= 0.3 is 5.97 Å². The van der Waals surface area contributed by atoms with Crippen molar-refractivity contribution in [3.05, 3.63) is 53.2 Å². The Bertz CT molecular complexity index is 944. The summed E-state index contributed by atoms with van der Waals surface area (Å²) >= 11 is 1.46. The molecule has 1 amide bonds. The molecule has 7 nitrogen and oxygen atoms in total. The quantitative estimate of drug-likeness (QED) is 0.620. The lowest BCUT2D eigenvalue weighted by atomic mass is 10.3. The second kappa shape index (κ2) is 8.49. The van der Waals surface area contributed by atoms with E-state index in [1.165, 1.54) is 17.4 Å². The number of nitrogens with zero attached hydrogens (tertiary/aromatic N) is 2. The number of carbonyl (C=O) groups excluding carboxylic acids is 2. The van der Waals surface area contributed by atoms with E-state index in [-0.39, 0.29) is 24.4 Å². The van der Waals surface area contributed by atoms with Gasteiger partial charge in [0.1, 0.15) is 0 Å². The van der Waals surface area contributed by atoms with Crippen LogP contribution in [0.5, 0.6) is 0 Å². The maximum atomic E-state index is 13.1. The van der Waals surface area contributed by atoms with Crippen molar-refractivity contribution in [2.45, 2.75) is 12.8 Å². The van der Waals surface area contributed by atoms with Gasteiger partial charge in [0, 0.05) is 18.2 Å². The van der Waals surface area contributed by atoms with Crippen LogP contribution in [0.3, 0.4) is 0 Å². The van der Waals surface area contributed by atoms with Crippen molar-refractivity contribution in [3.63, 3.8) is 0 Å². The number of rotatable bonds is 7. The van der Waals surface area contributed by atoms with E-state index < -0.39 is 30.1 Å². The fraction of sp³-hybridized carbons (Fsp3) is 0.176. The molecule has 27 heavy (non-hydrogen) atoms. The highest BCUT2D eigenvalue weighted by molar-refractivity contribution is 7.13. The normalized spacial score (nSPS) is 10.6. The van der Waals surface area contributed by atoms with Crippen LogP contribution in [0.2, 0.25) is 0 Å². The molecular formula is C17H13F2N3O4S. The lowest BCUT2D eigenvalue weighted by Crippen LogP contribution is -2.21. The average Bonchev–Trinajstić information content (AvgIpc) is 3.32. The van der Waals surface area contributed by atoms with Crippen molar-refractivity contribution < 1.29 is 27.6 Å². The molecule has 140 valence electrons. The average molecular weight is 393 g/mol. The van der Waals surface area contributed by atoms with E-state index in [9.17, 15) is 18.4 Å². The zero-order chi connectivity index (χ0) is 19.2. The van der Waals surface area contributed by atoms with Crippen molar-refractivity contribution in [1.29, 1.82) is 0 Å². The smallest absolute Gasteiger partial charge is 0.306 e. The number of benzene rings is 1. The van der Waals surface area contributed by atoms with Gasteiger partial charge in [-0.1, -0.05) is 11.2 Å². The lowest BCUT2D eigenvalue weighted by Gasteiger charge is -2.06. The van der Waals surface area contributed by atoms with Gasteiger partial charge in [-0.25, -0.2) is 8.78 Å². The van der Waals surface area contributed by atoms with Gasteiger partial charge in [0.15, 0.2) is 18.2 Å². The third-order valence-electron chi connectivity index (χ3n) is 3.32. The molecule has 1 N–H and O–H groups in total. The van der Waals surface area contributed by atoms with Crippen LogP contribution in [-0.2, 0) is 20.7 Å². The molecule has 3 aromatic rings. The van der Waals surface area contributed by atoms with Crippen LogP contribution < -0.4 is 5.32 Å². The van der Waals surface area contributed by atoms with E-state index in [1.54, 1.807) is 0 Å². The van der Waals surface area contributed by atoms with Gasteiger partial charge < -0.3 is 14.6 Å². The van der Waals surface area contributed by atoms with Crippen LogP contribution in [0.15, 0.2) is 40.2 Å². The van der Waals surface area contributed by atoms with Crippen LogP contribution in [0.25, 0.3) is 10.7 Å². The van der Waals surface area contributed by atoms with Gasteiger partial charge in [-0.15, -0.1) is 11.3 Å². The molecule has 0 fully saturated rings. The number of anilines is 1. The van der Waals surface area contributed by atoms with E-state index in [0.29, 0.717) is 5.82 Å². The van der Waals surface area contributed by atoms with Crippen molar-refractivity contribution >= 4 is 28.9 Å². The predicted octanol–water partition coefficient (Wildman–Crippen LogP) is 3.19. The van der Waals surface area contributed by atoms with Crippen LogP contribution >= 0.6 is 11.3 Å². The first-order chi connectivity index (χ1) is 13.0. The number of esters is 1. The second-order valence-electron chi connectivity index (χ2n) is 5.33. The maximum Gasteiger partial charge on any atom is 0.306 e. The van der Waals surface area contributed by atoms with Crippen LogP contribution in [0, 0.1) is 11.6 Å². The molecule has 2 aromatic heterocycles. The monoisotopic (exact) mass is 393 g/mol. The Morgan fingerprint density at radius 3 is 2.81 bits per heavy atom. The molecule has 0 saturated heterocycles. The van der Waals surface area contributed by atoms with E-state index in [1.807, 2.05) is 17.5 Å². The number of halogens is 2. The number of amides is 1. The van der Waals surface area contributed by atoms with E-state index >= 15 is 0 Å². The van der Waals surface area contributed by atoms with Crippen molar-refractivity contribution in [3.8, 4) is 10.7 Å². The van der Waals surface area contributed by atoms with Gasteiger partial charge in [0.25, 0.3) is 5.91 Å². The van der Waals surface area contributed by atoms with Gasteiger partial charge in [0.05, 0.1) is 11.3 Å². The predicted molar refractivity (Wildman–Crippen MR) is 91.9 cm³/mol. The third kappa shape index (κ3) is 5.17. The summed E-state index contributed by atoms with van der Waals surface area (Å²) in [6.45, 7) is -0.553. The fourth-order valence-electron chi connectivity index (χ4n) is 2.06. The van der Waals surface area contributed by atoms with E-state index in [0.717, 1.165) is 17.0 Å². The second-order valence-corrected chi connectivity index (χ2v) is 6.27. The van der Waals surface area contributed by atoms with Crippen molar-refractivity contribution in [2.24, 2.45) is 0 Å². The van der Waals surface area contributed by atoms with Gasteiger partial charge in [0.2, 0.25) is 11.7 Å². The Kier molecular flexibility index (Phi) is 5.87. The minimum absolute atomic E-state index is 0.0511. The summed E-state index contributed by atoms with van der Waals surface area (Å²) in [5.74, 6) is -2.70. The highest BCUT2D eigenvalue weighted by atomic mass is 32.1. The third-order valence-corrected chi connectivity index (χ3v) is 4.19. The van der Waals surface area contributed by atoms with Crippen LogP contribution in [0.1, 0.15) is 12.3 Å². The molecule has 10 heteroatoms. The topological polar surface area (TPSA) is 94.3 Å². The Morgan fingerprint density at radius 2 is 2.07 bits per heavy atom. The number of ether oxygens (including phenoxy) is 1. The number of hydrogen-bond donors (Lipinski definition) is 1.